The van der Waals surface area contributed by atoms with E-state index in [4.69, 9.17) is 4.74 Å². The molecule has 130 valence electrons. The third-order valence-electron chi connectivity index (χ3n) is 3.82. The average Bonchev–Trinajstić information content (AvgIpc) is 2.53. The Bertz CT molecular complexity index is 473. The molecule has 0 saturated carbocycles. The Labute approximate surface area is 144 Å². The van der Waals surface area contributed by atoms with E-state index in [1.165, 1.54) is 0 Å². The second-order valence-corrected chi connectivity index (χ2v) is 6.02. The van der Waals surface area contributed by atoms with Crippen LogP contribution in [-0.2, 0) is 4.79 Å². The molecule has 1 aliphatic heterocycles. The largest absolute Gasteiger partial charge is 0.491 e. The molecule has 1 saturated heterocycles. The third-order valence-corrected chi connectivity index (χ3v) is 3.82. The number of aliphatic hydroxyl groups is 1. The number of carbonyl (C=O) groups is 1. The van der Waals surface area contributed by atoms with Crippen molar-refractivity contribution >= 4 is 18.3 Å². The Morgan fingerprint density at radius 3 is 2.48 bits per heavy atom. The van der Waals surface area contributed by atoms with Crippen molar-refractivity contribution in [1.29, 1.82) is 0 Å². The number of hydrogen-bond acceptors (Lipinski definition) is 4. The molecule has 0 spiro atoms. The monoisotopic (exact) mass is 342 g/mol. The first-order chi connectivity index (χ1) is 10.6. The topological polar surface area (TPSA) is 70.6 Å². The van der Waals surface area contributed by atoms with Crippen molar-refractivity contribution in [1.82, 2.24) is 10.6 Å². The van der Waals surface area contributed by atoms with Crippen molar-refractivity contribution in [2.45, 2.75) is 38.9 Å². The van der Waals surface area contributed by atoms with E-state index in [1.54, 1.807) is 0 Å². The van der Waals surface area contributed by atoms with Crippen LogP contribution in [0.5, 0.6) is 5.75 Å². The second-order valence-electron chi connectivity index (χ2n) is 6.02. The zero-order valence-electron chi connectivity index (χ0n) is 13.7. The average molecular weight is 343 g/mol. The number of rotatable bonds is 6. The Balaban J connectivity index is 0.00000264. The Morgan fingerprint density at radius 2 is 1.91 bits per heavy atom. The van der Waals surface area contributed by atoms with Crippen LogP contribution in [0, 0.1) is 5.92 Å². The van der Waals surface area contributed by atoms with E-state index in [0.29, 0.717) is 0 Å². The summed E-state index contributed by atoms with van der Waals surface area (Å²) in [4.78, 5) is 12.0. The highest BCUT2D eigenvalue weighted by molar-refractivity contribution is 5.85. The molecule has 0 aliphatic carbocycles. The molecule has 5 nitrogen and oxygen atoms in total. The zero-order chi connectivity index (χ0) is 15.9. The molecule has 1 amide bonds. The molecule has 1 aliphatic rings. The number of piperidine rings is 1. The molecule has 1 atom stereocenters. The highest BCUT2D eigenvalue weighted by Gasteiger charge is 2.21. The summed E-state index contributed by atoms with van der Waals surface area (Å²) in [5.74, 6) is 0.889. The van der Waals surface area contributed by atoms with Gasteiger partial charge in [-0.25, -0.2) is 0 Å². The van der Waals surface area contributed by atoms with Crippen molar-refractivity contribution in [2.24, 2.45) is 5.92 Å². The maximum Gasteiger partial charge on any atom is 0.223 e. The van der Waals surface area contributed by atoms with E-state index in [2.05, 4.69) is 10.6 Å². The SMILES string of the molecule is CC(C)Oc1ccc(C(O)CNC(=O)C2CCNCC2)cc1.Cl. The fourth-order valence-electron chi connectivity index (χ4n) is 2.58. The number of hydrogen-bond donors (Lipinski definition) is 3. The van der Waals surface area contributed by atoms with Gasteiger partial charge in [0, 0.05) is 12.5 Å². The molecule has 2 rings (SSSR count). The maximum absolute atomic E-state index is 12.0. The van der Waals surface area contributed by atoms with E-state index in [0.717, 1.165) is 37.2 Å². The molecule has 6 heteroatoms. The molecular formula is C17H27ClN2O3. The maximum atomic E-state index is 12.0. The molecule has 1 aromatic rings. The smallest absolute Gasteiger partial charge is 0.223 e. The standard InChI is InChI=1S/C17H26N2O3.ClH/c1-12(2)22-15-5-3-13(4-6-15)16(20)11-19-17(21)14-7-9-18-10-8-14;/h3-6,12,14,16,18,20H,7-11H2,1-2H3,(H,19,21);1H. The van der Waals surface area contributed by atoms with Crippen LogP contribution < -0.4 is 15.4 Å². The first kappa shape index (κ1) is 19.7. The van der Waals surface area contributed by atoms with Crippen LogP contribution in [0.15, 0.2) is 24.3 Å². The highest BCUT2D eigenvalue weighted by Crippen LogP contribution is 2.19. The van der Waals surface area contributed by atoms with Gasteiger partial charge in [0.2, 0.25) is 5.91 Å². The van der Waals surface area contributed by atoms with Gasteiger partial charge >= 0.3 is 0 Å². The van der Waals surface area contributed by atoms with Gasteiger partial charge in [-0.2, -0.15) is 0 Å². The lowest BCUT2D eigenvalue weighted by molar-refractivity contribution is -0.126. The molecule has 23 heavy (non-hydrogen) atoms. The molecule has 3 N–H and O–H groups in total. The lowest BCUT2D eigenvalue weighted by Gasteiger charge is -2.22. The van der Waals surface area contributed by atoms with Gasteiger partial charge in [0.15, 0.2) is 0 Å². The zero-order valence-corrected chi connectivity index (χ0v) is 14.6. The summed E-state index contributed by atoms with van der Waals surface area (Å²) < 4.78 is 5.57. The van der Waals surface area contributed by atoms with Gasteiger partial charge in [-0.3, -0.25) is 4.79 Å². The molecule has 1 aromatic carbocycles. The van der Waals surface area contributed by atoms with Crippen LogP contribution in [0.4, 0.5) is 0 Å². The van der Waals surface area contributed by atoms with Crippen molar-refractivity contribution in [2.75, 3.05) is 19.6 Å². The van der Waals surface area contributed by atoms with Crippen LogP contribution in [0.25, 0.3) is 0 Å². The van der Waals surface area contributed by atoms with E-state index < -0.39 is 6.10 Å². The van der Waals surface area contributed by atoms with Crippen molar-refractivity contribution in [3.63, 3.8) is 0 Å². The minimum atomic E-state index is -0.696. The molecule has 1 heterocycles. The van der Waals surface area contributed by atoms with Crippen LogP contribution in [-0.4, -0.2) is 36.8 Å². The van der Waals surface area contributed by atoms with E-state index in [9.17, 15) is 9.90 Å². The Morgan fingerprint density at radius 1 is 1.30 bits per heavy atom. The molecular weight excluding hydrogens is 316 g/mol. The summed E-state index contributed by atoms with van der Waals surface area (Å²) in [5.41, 5.74) is 0.779. The van der Waals surface area contributed by atoms with Crippen LogP contribution in [0.3, 0.4) is 0 Å². The summed E-state index contributed by atoms with van der Waals surface area (Å²) in [5, 5.41) is 16.3. The van der Waals surface area contributed by atoms with Crippen LogP contribution >= 0.6 is 12.4 Å². The summed E-state index contributed by atoms with van der Waals surface area (Å²) >= 11 is 0. The molecule has 1 unspecified atom stereocenters. The summed E-state index contributed by atoms with van der Waals surface area (Å²) in [6, 6.07) is 7.35. The van der Waals surface area contributed by atoms with Gasteiger partial charge in [-0.15, -0.1) is 12.4 Å². The van der Waals surface area contributed by atoms with E-state index in [-0.39, 0.29) is 36.9 Å². The highest BCUT2D eigenvalue weighted by atomic mass is 35.5. The van der Waals surface area contributed by atoms with Gasteiger partial charge in [-0.05, 0) is 57.5 Å². The van der Waals surface area contributed by atoms with Crippen LogP contribution in [0.1, 0.15) is 38.4 Å². The number of nitrogens with one attached hydrogen (secondary N) is 2. The molecule has 0 aromatic heterocycles. The molecule has 0 bridgehead atoms. The fraction of sp³-hybridized carbons (Fsp3) is 0.588. The Hall–Kier alpha value is -1.30. The first-order valence-electron chi connectivity index (χ1n) is 7.99. The van der Waals surface area contributed by atoms with Gasteiger partial charge in [0.1, 0.15) is 5.75 Å². The number of amides is 1. The van der Waals surface area contributed by atoms with E-state index >= 15 is 0 Å². The lowest BCUT2D eigenvalue weighted by Crippen LogP contribution is -2.39. The molecule has 0 radical (unpaired) electrons. The van der Waals surface area contributed by atoms with Gasteiger partial charge in [0.25, 0.3) is 0 Å². The summed E-state index contributed by atoms with van der Waals surface area (Å²) in [6.07, 6.45) is 1.16. The minimum Gasteiger partial charge on any atom is -0.491 e. The van der Waals surface area contributed by atoms with Gasteiger partial charge in [0.05, 0.1) is 12.2 Å². The summed E-state index contributed by atoms with van der Waals surface area (Å²) in [6.45, 7) is 5.96. The van der Waals surface area contributed by atoms with Crippen molar-refractivity contribution < 1.29 is 14.6 Å². The number of ether oxygens (including phenoxy) is 1. The predicted octanol–water partition coefficient (Wildman–Crippen LogP) is 2.04. The van der Waals surface area contributed by atoms with Crippen LogP contribution in [0.2, 0.25) is 0 Å². The third kappa shape index (κ3) is 6.37. The molecule has 1 fully saturated rings. The number of halogens is 1. The normalized spacial score (nSPS) is 16.5. The predicted molar refractivity (Wildman–Crippen MR) is 93.0 cm³/mol. The van der Waals surface area contributed by atoms with Gasteiger partial charge in [-0.1, -0.05) is 12.1 Å². The van der Waals surface area contributed by atoms with Crippen molar-refractivity contribution in [3.05, 3.63) is 29.8 Å². The number of benzene rings is 1. The lowest BCUT2D eigenvalue weighted by atomic mass is 9.97. The van der Waals surface area contributed by atoms with E-state index in [1.807, 2.05) is 38.1 Å². The Kier molecular flexibility index (Phi) is 8.37. The summed E-state index contributed by atoms with van der Waals surface area (Å²) in [7, 11) is 0. The van der Waals surface area contributed by atoms with Crippen molar-refractivity contribution in [3.8, 4) is 5.75 Å². The van der Waals surface area contributed by atoms with Gasteiger partial charge < -0.3 is 20.5 Å². The quantitative estimate of drug-likeness (QED) is 0.740. The number of aliphatic hydroxyl groups excluding tert-OH is 1. The minimum absolute atomic E-state index is 0. The number of carbonyl (C=O) groups excluding carboxylic acids is 1. The second kappa shape index (κ2) is 9.75. The first-order valence-corrected chi connectivity index (χ1v) is 7.99. The fourth-order valence-corrected chi connectivity index (χ4v) is 2.58.